The Hall–Kier alpha value is -2.43. The Bertz CT molecular complexity index is 588. The van der Waals surface area contributed by atoms with Crippen LogP contribution in [0.25, 0.3) is 0 Å². The van der Waals surface area contributed by atoms with Crippen LogP contribution in [0.15, 0.2) is 42.6 Å². The standard InChI is InChI=1S/C16H21N3O2/c1-12(2)19-10-3-4-15(19)16(20)18-9-11-21-14-7-5-13(17)6-8-14/h3-8,10,12H,9,11,17H2,1-2H3,(H,18,20). The molecule has 1 amide bonds. The number of aromatic nitrogens is 1. The summed E-state index contributed by atoms with van der Waals surface area (Å²) >= 11 is 0. The van der Waals surface area contributed by atoms with Crippen molar-refractivity contribution in [2.75, 3.05) is 18.9 Å². The van der Waals surface area contributed by atoms with Crippen molar-refractivity contribution in [2.45, 2.75) is 19.9 Å². The summed E-state index contributed by atoms with van der Waals surface area (Å²) in [5.74, 6) is 0.651. The predicted molar refractivity (Wildman–Crippen MR) is 83.5 cm³/mol. The number of nitrogens with two attached hydrogens (primary N) is 1. The molecule has 0 bridgehead atoms. The molecule has 0 aliphatic heterocycles. The second-order valence-electron chi connectivity index (χ2n) is 5.07. The van der Waals surface area contributed by atoms with Crippen molar-refractivity contribution in [1.82, 2.24) is 9.88 Å². The first kappa shape index (κ1) is 15.0. The molecule has 0 spiro atoms. The minimum Gasteiger partial charge on any atom is -0.492 e. The van der Waals surface area contributed by atoms with Gasteiger partial charge in [-0.05, 0) is 50.2 Å². The molecule has 0 saturated carbocycles. The van der Waals surface area contributed by atoms with Gasteiger partial charge in [0.05, 0.1) is 6.54 Å². The van der Waals surface area contributed by atoms with Crippen molar-refractivity contribution in [3.63, 3.8) is 0 Å². The summed E-state index contributed by atoms with van der Waals surface area (Å²) in [4.78, 5) is 12.1. The Balaban J connectivity index is 1.79. The third kappa shape index (κ3) is 4.02. The Morgan fingerprint density at radius 1 is 1.29 bits per heavy atom. The number of nitrogens with one attached hydrogen (secondary N) is 1. The van der Waals surface area contributed by atoms with Gasteiger partial charge in [-0.25, -0.2) is 0 Å². The summed E-state index contributed by atoms with van der Waals surface area (Å²) in [5.41, 5.74) is 6.96. The minimum atomic E-state index is -0.0883. The van der Waals surface area contributed by atoms with Gasteiger partial charge in [-0.3, -0.25) is 4.79 Å². The highest BCUT2D eigenvalue weighted by atomic mass is 16.5. The fourth-order valence-corrected chi connectivity index (χ4v) is 2.02. The zero-order valence-electron chi connectivity index (χ0n) is 12.4. The van der Waals surface area contributed by atoms with E-state index in [2.05, 4.69) is 5.32 Å². The number of benzene rings is 1. The first-order valence-electron chi connectivity index (χ1n) is 7.01. The normalized spacial score (nSPS) is 10.6. The van der Waals surface area contributed by atoms with E-state index in [-0.39, 0.29) is 11.9 Å². The first-order chi connectivity index (χ1) is 10.1. The summed E-state index contributed by atoms with van der Waals surface area (Å²) in [6, 6.07) is 11.1. The maximum Gasteiger partial charge on any atom is 0.268 e. The van der Waals surface area contributed by atoms with Crippen LogP contribution >= 0.6 is 0 Å². The monoisotopic (exact) mass is 287 g/mol. The summed E-state index contributed by atoms with van der Waals surface area (Å²) < 4.78 is 7.47. The van der Waals surface area contributed by atoms with E-state index >= 15 is 0 Å². The SMILES string of the molecule is CC(C)n1cccc1C(=O)NCCOc1ccc(N)cc1. The highest BCUT2D eigenvalue weighted by Crippen LogP contribution is 2.13. The molecule has 0 fully saturated rings. The van der Waals surface area contributed by atoms with Crippen LogP contribution in [0.2, 0.25) is 0 Å². The minimum absolute atomic E-state index is 0.0883. The van der Waals surface area contributed by atoms with E-state index in [9.17, 15) is 4.79 Å². The van der Waals surface area contributed by atoms with Crippen molar-refractivity contribution < 1.29 is 9.53 Å². The maximum atomic E-state index is 12.1. The van der Waals surface area contributed by atoms with Crippen LogP contribution < -0.4 is 15.8 Å². The van der Waals surface area contributed by atoms with Crippen LogP contribution in [-0.4, -0.2) is 23.6 Å². The molecule has 1 aromatic heterocycles. The van der Waals surface area contributed by atoms with Gasteiger partial charge in [-0.2, -0.15) is 0 Å². The third-order valence-corrected chi connectivity index (χ3v) is 3.10. The Morgan fingerprint density at radius 3 is 2.67 bits per heavy atom. The van der Waals surface area contributed by atoms with Gasteiger partial charge in [0.2, 0.25) is 0 Å². The van der Waals surface area contributed by atoms with Gasteiger partial charge in [0, 0.05) is 17.9 Å². The molecule has 1 aromatic carbocycles. The van der Waals surface area contributed by atoms with Gasteiger partial charge < -0.3 is 20.4 Å². The largest absolute Gasteiger partial charge is 0.492 e. The molecule has 2 rings (SSSR count). The van der Waals surface area contributed by atoms with Gasteiger partial charge >= 0.3 is 0 Å². The van der Waals surface area contributed by atoms with Crippen LogP contribution in [0.4, 0.5) is 5.69 Å². The van der Waals surface area contributed by atoms with Crippen LogP contribution in [-0.2, 0) is 0 Å². The molecule has 21 heavy (non-hydrogen) atoms. The van der Waals surface area contributed by atoms with Crippen molar-refractivity contribution in [2.24, 2.45) is 0 Å². The van der Waals surface area contributed by atoms with E-state index in [1.54, 1.807) is 24.3 Å². The summed E-state index contributed by atoms with van der Waals surface area (Å²) in [7, 11) is 0. The predicted octanol–water partition coefficient (Wildman–Crippen LogP) is 2.46. The number of hydrogen-bond acceptors (Lipinski definition) is 3. The molecular formula is C16H21N3O2. The molecule has 0 atom stereocenters. The van der Waals surface area contributed by atoms with E-state index in [0.29, 0.717) is 24.5 Å². The summed E-state index contributed by atoms with van der Waals surface area (Å²) in [6.07, 6.45) is 1.91. The molecule has 5 nitrogen and oxygen atoms in total. The van der Waals surface area contributed by atoms with Crippen molar-refractivity contribution in [3.05, 3.63) is 48.3 Å². The van der Waals surface area contributed by atoms with Gasteiger partial charge in [-0.1, -0.05) is 0 Å². The molecule has 0 unspecified atom stereocenters. The van der Waals surface area contributed by atoms with Crippen molar-refractivity contribution >= 4 is 11.6 Å². The lowest BCUT2D eigenvalue weighted by atomic mass is 10.3. The van der Waals surface area contributed by atoms with Crippen molar-refractivity contribution in [3.8, 4) is 5.75 Å². The van der Waals surface area contributed by atoms with Gasteiger partial charge in [0.15, 0.2) is 0 Å². The fourth-order valence-electron chi connectivity index (χ4n) is 2.02. The number of nitrogens with zero attached hydrogens (tertiary/aromatic N) is 1. The zero-order valence-corrected chi connectivity index (χ0v) is 12.4. The van der Waals surface area contributed by atoms with Crippen LogP contribution in [0, 0.1) is 0 Å². The number of carbonyl (C=O) groups is 1. The van der Waals surface area contributed by atoms with Crippen LogP contribution in [0.3, 0.4) is 0 Å². The molecule has 0 saturated heterocycles. The van der Waals surface area contributed by atoms with Gasteiger partial charge in [0.1, 0.15) is 18.1 Å². The Kier molecular flexibility index (Phi) is 4.87. The second kappa shape index (κ2) is 6.83. The maximum absolute atomic E-state index is 12.1. The molecule has 2 aromatic rings. The average molecular weight is 287 g/mol. The smallest absolute Gasteiger partial charge is 0.268 e. The van der Waals surface area contributed by atoms with Crippen LogP contribution in [0.1, 0.15) is 30.4 Å². The van der Waals surface area contributed by atoms with Crippen LogP contribution in [0.5, 0.6) is 5.75 Å². The zero-order chi connectivity index (χ0) is 15.2. The lowest BCUT2D eigenvalue weighted by molar-refractivity contribution is 0.0936. The van der Waals surface area contributed by atoms with Gasteiger partial charge in [-0.15, -0.1) is 0 Å². The number of nitrogen functional groups attached to an aromatic ring is 1. The number of carbonyl (C=O) groups excluding carboxylic acids is 1. The Morgan fingerprint density at radius 2 is 2.00 bits per heavy atom. The average Bonchev–Trinajstić information content (AvgIpc) is 2.95. The highest BCUT2D eigenvalue weighted by molar-refractivity contribution is 5.92. The van der Waals surface area contributed by atoms with E-state index < -0.39 is 0 Å². The lowest BCUT2D eigenvalue weighted by Crippen LogP contribution is -2.30. The lowest BCUT2D eigenvalue weighted by Gasteiger charge is -2.13. The quantitative estimate of drug-likeness (QED) is 0.633. The Labute approximate surface area is 124 Å². The van der Waals surface area contributed by atoms with Gasteiger partial charge in [0.25, 0.3) is 5.91 Å². The number of hydrogen-bond donors (Lipinski definition) is 2. The summed E-state index contributed by atoms with van der Waals surface area (Å²) in [6.45, 7) is 4.95. The second-order valence-corrected chi connectivity index (χ2v) is 5.07. The number of ether oxygens (including phenoxy) is 1. The number of amides is 1. The molecule has 0 aliphatic rings. The molecule has 0 aliphatic carbocycles. The van der Waals surface area contributed by atoms with E-state index in [1.807, 2.05) is 36.7 Å². The molecule has 1 heterocycles. The first-order valence-corrected chi connectivity index (χ1v) is 7.01. The number of anilines is 1. The molecule has 5 heteroatoms. The summed E-state index contributed by atoms with van der Waals surface area (Å²) in [5, 5.41) is 2.85. The van der Waals surface area contributed by atoms with E-state index in [1.165, 1.54) is 0 Å². The fraction of sp³-hybridized carbons (Fsp3) is 0.312. The van der Waals surface area contributed by atoms with E-state index in [0.717, 1.165) is 5.75 Å². The molecular weight excluding hydrogens is 266 g/mol. The molecule has 112 valence electrons. The van der Waals surface area contributed by atoms with Crippen molar-refractivity contribution in [1.29, 1.82) is 0 Å². The van der Waals surface area contributed by atoms with E-state index in [4.69, 9.17) is 10.5 Å². The topological polar surface area (TPSA) is 69.3 Å². The highest BCUT2D eigenvalue weighted by Gasteiger charge is 2.11. The third-order valence-electron chi connectivity index (χ3n) is 3.10. The molecule has 0 radical (unpaired) electrons. The molecule has 3 N–H and O–H groups in total. The number of rotatable bonds is 6.